The topological polar surface area (TPSA) is 67.6 Å². The van der Waals surface area contributed by atoms with Gasteiger partial charge in [0.1, 0.15) is 5.54 Å². The minimum absolute atomic E-state index is 0.315. The zero-order valence-corrected chi connectivity index (χ0v) is 8.41. The largest absolute Gasteiger partial charge is 0.312 e. The van der Waals surface area contributed by atoms with Gasteiger partial charge >= 0.3 is 0 Å². The number of aromatic nitrogens is 2. The molecule has 2 N–H and O–H groups in total. The molecule has 0 spiro atoms. The fraction of sp³-hybridized carbons (Fsp3) is 0.556. The van der Waals surface area contributed by atoms with Crippen LogP contribution in [0.2, 0.25) is 5.02 Å². The second kappa shape index (κ2) is 3.26. The van der Waals surface area contributed by atoms with E-state index in [-0.39, 0.29) is 0 Å². The molecule has 1 heterocycles. The Morgan fingerprint density at radius 1 is 1.79 bits per heavy atom. The third kappa shape index (κ3) is 1.74. The maximum atomic E-state index is 9.01. The molecule has 4 nitrogen and oxygen atoms in total. The molecule has 5 heteroatoms. The summed E-state index contributed by atoms with van der Waals surface area (Å²) in [5.74, 6) is 0.315. The third-order valence-corrected chi connectivity index (χ3v) is 2.73. The van der Waals surface area contributed by atoms with Crippen LogP contribution in [0, 0.1) is 17.2 Å². The van der Waals surface area contributed by atoms with Crippen molar-refractivity contribution in [2.24, 2.45) is 11.7 Å². The predicted octanol–water partition coefficient (Wildman–Crippen LogP) is 1.17. The number of hydrogen-bond acceptors (Lipinski definition) is 3. The maximum absolute atomic E-state index is 9.01. The molecule has 1 aromatic heterocycles. The summed E-state index contributed by atoms with van der Waals surface area (Å²) >= 11 is 5.72. The summed E-state index contributed by atoms with van der Waals surface area (Å²) in [6.45, 7) is 0.418. The number of rotatable bonds is 3. The van der Waals surface area contributed by atoms with Crippen molar-refractivity contribution in [1.82, 2.24) is 9.78 Å². The zero-order chi connectivity index (χ0) is 10.2. The van der Waals surface area contributed by atoms with E-state index in [0.717, 1.165) is 12.8 Å². The third-order valence-electron chi connectivity index (χ3n) is 2.54. The van der Waals surface area contributed by atoms with E-state index in [9.17, 15) is 0 Å². The van der Waals surface area contributed by atoms with Gasteiger partial charge in [0.05, 0.1) is 23.8 Å². The molecular formula is C9H11ClN4. The van der Waals surface area contributed by atoms with Crippen LogP contribution in [0.25, 0.3) is 0 Å². The van der Waals surface area contributed by atoms with Crippen molar-refractivity contribution in [3.8, 4) is 6.07 Å². The van der Waals surface area contributed by atoms with Gasteiger partial charge in [-0.05, 0) is 18.8 Å². The lowest BCUT2D eigenvalue weighted by atomic mass is 9.97. The van der Waals surface area contributed by atoms with Crippen molar-refractivity contribution in [1.29, 1.82) is 5.26 Å². The molecule has 1 aliphatic rings. The smallest absolute Gasteiger partial charge is 0.126 e. The van der Waals surface area contributed by atoms with Gasteiger partial charge in [0.15, 0.2) is 0 Å². The fourth-order valence-corrected chi connectivity index (χ4v) is 1.70. The van der Waals surface area contributed by atoms with Crippen LogP contribution in [-0.2, 0) is 6.54 Å². The summed E-state index contributed by atoms with van der Waals surface area (Å²) in [6, 6.07) is 2.17. The summed E-state index contributed by atoms with van der Waals surface area (Å²) < 4.78 is 1.63. The van der Waals surface area contributed by atoms with Crippen LogP contribution in [0.5, 0.6) is 0 Å². The number of halogens is 1. The van der Waals surface area contributed by atoms with Gasteiger partial charge in [-0.15, -0.1) is 0 Å². The molecular weight excluding hydrogens is 200 g/mol. The maximum Gasteiger partial charge on any atom is 0.126 e. The van der Waals surface area contributed by atoms with Crippen molar-refractivity contribution >= 4 is 11.6 Å². The molecule has 1 atom stereocenters. The Morgan fingerprint density at radius 3 is 2.93 bits per heavy atom. The number of nitriles is 1. The number of nitrogens with two attached hydrogens (primary N) is 1. The highest BCUT2D eigenvalue weighted by Crippen LogP contribution is 2.38. The van der Waals surface area contributed by atoms with Gasteiger partial charge in [-0.2, -0.15) is 10.4 Å². The molecule has 1 aromatic rings. The van der Waals surface area contributed by atoms with Crippen LogP contribution < -0.4 is 5.73 Å². The molecule has 1 saturated carbocycles. The lowest BCUT2D eigenvalue weighted by Crippen LogP contribution is -2.44. The van der Waals surface area contributed by atoms with Crippen LogP contribution >= 0.6 is 11.6 Å². The quantitative estimate of drug-likeness (QED) is 0.814. The first-order valence-electron chi connectivity index (χ1n) is 4.52. The van der Waals surface area contributed by atoms with Crippen LogP contribution in [0.3, 0.4) is 0 Å². The molecule has 1 fully saturated rings. The van der Waals surface area contributed by atoms with E-state index in [1.54, 1.807) is 17.1 Å². The first-order valence-corrected chi connectivity index (χ1v) is 4.90. The minimum Gasteiger partial charge on any atom is -0.312 e. The lowest BCUT2D eigenvalue weighted by molar-refractivity contribution is 0.384. The van der Waals surface area contributed by atoms with Crippen molar-refractivity contribution < 1.29 is 0 Å². The van der Waals surface area contributed by atoms with Gasteiger partial charge in [-0.25, -0.2) is 0 Å². The van der Waals surface area contributed by atoms with Gasteiger partial charge < -0.3 is 5.73 Å². The van der Waals surface area contributed by atoms with E-state index < -0.39 is 5.54 Å². The van der Waals surface area contributed by atoms with E-state index in [2.05, 4.69) is 11.2 Å². The SMILES string of the molecule is N#CC(N)(Cn1cc(Cl)cn1)C1CC1. The van der Waals surface area contributed by atoms with E-state index in [0.29, 0.717) is 17.5 Å². The van der Waals surface area contributed by atoms with Gasteiger partial charge in [0, 0.05) is 6.20 Å². The van der Waals surface area contributed by atoms with Crippen LogP contribution in [0.1, 0.15) is 12.8 Å². The summed E-state index contributed by atoms with van der Waals surface area (Å²) in [4.78, 5) is 0. The van der Waals surface area contributed by atoms with Crippen LogP contribution in [0.4, 0.5) is 0 Å². The molecule has 0 amide bonds. The Bertz CT molecular complexity index is 376. The summed E-state index contributed by atoms with van der Waals surface area (Å²) in [6.07, 6.45) is 5.31. The Hall–Kier alpha value is -1.05. The number of hydrogen-bond donors (Lipinski definition) is 1. The first-order chi connectivity index (χ1) is 6.64. The predicted molar refractivity (Wildman–Crippen MR) is 52.5 cm³/mol. The number of nitrogens with zero attached hydrogens (tertiary/aromatic N) is 3. The highest BCUT2D eigenvalue weighted by atomic mass is 35.5. The summed E-state index contributed by atoms with van der Waals surface area (Å²) in [5, 5.41) is 13.6. The normalized spacial score (nSPS) is 20.1. The van der Waals surface area contributed by atoms with E-state index in [4.69, 9.17) is 22.6 Å². The summed E-state index contributed by atoms with van der Waals surface area (Å²) in [7, 11) is 0. The molecule has 14 heavy (non-hydrogen) atoms. The van der Waals surface area contributed by atoms with Gasteiger partial charge in [-0.3, -0.25) is 4.68 Å². The Morgan fingerprint density at radius 2 is 2.50 bits per heavy atom. The van der Waals surface area contributed by atoms with Crippen LogP contribution in [0.15, 0.2) is 12.4 Å². The Labute approximate surface area is 87.3 Å². The molecule has 1 aliphatic carbocycles. The Balaban J connectivity index is 2.12. The molecule has 0 saturated heterocycles. The van der Waals surface area contributed by atoms with E-state index >= 15 is 0 Å². The van der Waals surface area contributed by atoms with E-state index in [1.807, 2.05) is 0 Å². The second-order valence-electron chi connectivity index (χ2n) is 3.78. The molecule has 0 bridgehead atoms. The molecule has 0 aromatic carbocycles. The van der Waals surface area contributed by atoms with Crippen molar-refractivity contribution in [3.05, 3.63) is 17.4 Å². The van der Waals surface area contributed by atoms with Gasteiger partial charge in [0.25, 0.3) is 0 Å². The first kappa shape index (κ1) is 9.50. The average Bonchev–Trinajstić information content (AvgIpc) is 2.93. The highest BCUT2D eigenvalue weighted by Gasteiger charge is 2.43. The van der Waals surface area contributed by atoms with Crippen molar-refractivity contribution in [3.63, 3.8) is 0 Å². The van der Waals surface area contributed by atoms with Gasteiger partial charge in [-0.1, -0.05) is 11.6 Å². The highest BCUT2D eigenvalue weighted by molar-refractivity contribution is 6.30. The lowest BCUT2D eigenvalue weighted by Gasteiger charge is -2.20. The standard InChI is InChI=1S/C9H11ClN4/c10-8-3-13-14(4-8)6-9(12,5-11)7-1-2-7/h3-4,7H,1-2,6,12H2. The molecule has 0 aliphatic heterocycles. The van der Waals surface area contributed by atoms with Crippen molar-refractivity contribution in [2.45, 2.75) is 24.9 Å². The van der Waals surface area contributed by atoms with Crippen LogP contribution in [-0.4, -0.2) is 15.3 Å². The van der Waals surface area contributed by atoms with Crippen molar-refractivity contribution in [2.75, 3.05) is 0 Å². The molecule has 0 radical (unpaired) electrons. The molecule has 2 rings (SSSR count). The summed E-state index contributed by atoms with van der Waals surface area (Å²) in [5.41, 5.74) is 5.20. The van der Waals surface area contributed by atoms with E-state index in [1.165, 1.54) is 0 Å². The minimum atomic E-state index is -0.782. The molecule has 74 valence electrons. The second-order valence-corrected chi connectivity index (χ2v) is 4.22. The molecule has 1 unspecified atom stereocenters. The Kier molecular flexibility index (Phi) is 2.22. The average molecular weight is 211 g/mol. The monoisotopic (exact) mass is 210 g/mol. The fourth-order valence-electron chi connectivity index (χ4n) is 1.55. The van der Waals surface area contributed by atoms with Gasteiger partial charge in [0.2, 0.25) is 0 Å². The zero-order valence-electron chi connectivity index (χ0n) is 7.65.